The molecule has 0 spiro atoms. The second-order valence-electron chi connectivity index (χ2n) is 4.51. The van der Waals surface area contributed by atoms with Gasteiger partial charge in [-0.1, -0.05) is 17.7 Å². The fraction of sp³-hybridized carbons (Fsp3) is 0.357. The zero-order valence-corrected chi connectivity index (χ0v) is 11.9. The maximum absolute atomic E-state index is 6.09. The lowest BCUT2D eigenvalue weighted by molar-refractivity contribution is 0.414. The molecular formula is C14H18ClN3O. The van der Waals surface area contributed by atoms with Crippen molar-refractivity contribution < 1.29 is 4.74 Å². The minimum absolute atomic E-state index is 0.357. The summed E-state index contributed by atoms with van der Waals surface area (Å²) in [5.41, 5.74) is 1.14. The summed E-state index contributed by atoms with van der Waals surface area (Å²) in [6.07, 6.45) is 5.57. The number of methoxy groups -OCH3 is 1. The number of halogens is 1. The standard InChI is InChI=1S/C14H18ClN3O/c1-11(9-18-6-5-16-10-18)17-8-12-3-4-14(19-2)13(15)7-12/h3-7,10-11,17H,8-9H2,1-2H3. The average Bonchev–Trinajstić information content (AvgIpc) is 2.89. The highest BCUT2D eigenvalue weighted by molar-refractivity contribution is 6.32. The molecule has 4 nitrogen and oxygen atoms in total. The van der Waals surface area contributed by atoms with Crippen LogP contribution in [-0.4, -0.2) is 22.7 Å². The maximum Gasteiger partial charge on any atom is 0.137 e. The molecule has 0 saturated carbocycles. The summed E-state index contributed by atoms with van der Waals surface area (Å²) in [6.45, 7) is 3.81. The molecule has 1 aromatic carbocycles. The SMILES string of the molecule is COc1ccc(CNC(C)Cn2ccnc2)cc1Cl. The first-order valence-corrected chi connectivity index (χ1v) is 6.58. The Kier molecular flexibility index (Phi) is 4.82. The fourth-order valence-corrected chi connectivity index (χ4v) is 2.17. The normalized spacial score (nSPS) is 12.4. The van der Waals surface area contributed by atoms with Gasteiger partial charge in [0, 0.05) is 31.5 Å². The van der Waals surface area contributed by atoms with Gasteiger partial charge in [-0.2, -0.15) is 0 Å². The van der Waals surface area contributed by atoms with Crippen LogP contribution in [0, 0.1) is 0 Å². The predicted molar refractivity (Wildman–Crippen MR) is 76.5 cm³/mol. The van der Waals surface area contributed by atoms with Crippen molar-refractivity contribution in [2.24, 2.45) is 0 Å². The molecule has 1 heterocycles. The van der Waals surface area contributed by atoms with Crippen LogP contribution in [-0.2, 0) is 13.1 Å². The number of nitrogens with one attached hydrogen (secondary N) is 1. The van der Waals surface area contributed by atoms with Gasteiger partial charge in [0.05, 0.1) is 18.5 Å². The van der Waals surface area contributed by atoms with Crippen LogP contribution < -0.4 is 10.1 Å². The topological polar surface area (TPSA) is 39.1 Å². The Labute approximate surface area is 118 Å². The number of hydrogen-bond acceptors (Lipinski definition) is 3. The van der Waals surface area contributed by atoms with Crippen molar-refractivity contribution in [1.29, 1.82) is 0 Å². The number of hydrogen-bond donors (Lipinski definition) is 1. The third-order valence-corrected chi connectivity index (χ3v) is 3.21. The van der Waals surface area contributed by atoms with Gasteiger partial charge in [-0.25, -0.2) is 4.98 Å². The molecule has 0 amide bonds. The van der Waals surface area contributed by atoms with Gasteiger partial charge in [0.1, 0.15) is 5.75 Å². The highest BCUT2D eigenvalue weighted by Crippen LogP contribution is 2.24. The van der Waals surface area contributed by atoms with E-state index >= 15 is 0 Å². The molecule has 1 atom stereocenters. The van der Waals surface area contributed by atoms with Gasteiger partial charge in [-0.15, -0.1) is 0 Å². The van der Waals surface area contributed by atoms with Crippen molar-refractivity contribution in [3.8, 4) is 5.75 Å². The average molecular weight is 280 g/mol. The van der Waals surface area contributed by atoms with E-state index in [1.54, 1.807) is 13.3 Å². The second kappa shape index (κ2) is 6.59. The van der Waals surface area contributed by atoms with Crippen LogP contribution in [0.4, 0.5) is 0 Å². The zero-order valence-electron chi connectivity index (χ0n) is 11.1. The molecule has 19 heavy (non-hydrogen) atoms. The monoisotopic (exact) mass is 279 g/mol. The molecule has 1 unspecified atom stereocenters. The molecule has 2 aromatic rings. The quantitative estimate of drug-likeness (QED) is 0.884. The summed E-state index contributed by atoms with van der Waals surface area (Å²) in [4.78, 5) is 4.03. The zero-order chi connectivity index (χ0) is 13.7. The van der Waals surface area contributed by atoms with Gasteiger partial charge in [0.2, 0.25) is 0 Å². The van der Waals surface area contributed by atoms with E-state index in [1.807, 2.05) is 30.7 Å². The third-order valence-electron chi connectivity index (χ3n) is 2.91. The highest BCUT2D eigenvalue weighted by atomic mass is 35.5. The lowest BCUT2D eigenvalue weighted by Gasteiger charge is -2.15. The van der Waals surface area contributed by atoms with Crippen molar-refractivity contribution in [1.82, 2.24) is 14.9 Å². The van der Waals surface area contributed by atoms with Crippen molar-refractivity contribution in [3.05, 3.63) is 47.5 Å². The van der Waals surface area contributed by atoms with Crippen LogP contribution in [0.5, 0.6) is 5.75 Å². The summed E-state index contributed by atoms with van der Waals surface area (Å²) in [7, 11) is 1.62. The van der Waals surface area contributed by atoms with Crippen LogP contribution in [0.3, 0.4) is 0 Å². The first-order chi connectivity index (χ1) is 9.19. The Morgan fingerprint density at radius 3 is 2.95 bits per heavy atom. The van der Waals surface area contributed by atoms with Crippen molar-refractivity contribution in [2.45, 2.75) is 26.1 Å². The van der Waals surface area contributed by atoms with Gasteiger partial charge in [0.15, 0.2) is 0 Å². The van der Waals surface area contributed by atoms with Gasteiger partial charge in [-0.3, -0.25) is 0 Å². The molecule has 0 radical (unpaired) electrons. The Balaban J connectivity index is 1.86. The van der Waals surface area contributed by atoms with E-state index in [9.17, 15) is 0 Å². The Hall–Kier alpha value is -1.52. The largest absolute Gasteiger partial charge is 0.495 e. The van der Waals surface area contributed by atoms with E-state index in [-0.39, 0.29) is 0 Å². The van der Waals surface area contributed by atoms with Crippen LogP contribution in [0.25, 0.3) is 0 Å². The molecule has 102 valence electrons. The number of aromatic nitrogens is 2. The molecule has 0 aliphatic carbocycles. The minimum atomic E-state index is 0.357. The first-order valence-electron chi connectivity index (χ1n) is 6.20. The second-order valence-corrected chi connectivity index (χ2v) is 4.92. The molecule has 0 bridgehead atoms. The van der Waals surface area contributed by atoms with Crippen LogP contribution >= 0.6 is 11.6 Å². The van der Waals surface area contributed by atoms with Crippen LogP contribution in [0.2, 0.25) is 5.02 Å². The summed E-state index contributed by atoms with van der Waals surface area (Å²) in [5.74, 6) is 0.705. The van der Waals surface area contributed by atoms with E-state index in [1.165, 1.54) is 0 Å². The predicted octanol–water partition coefficient (Wildman–Crippen LogP) is 2.72. The van der Waals surface area contributed by atoms with E-state index in [4.69, 9.17) is 16.3 Å². The summed E-state index contributed by atoms with van der Waals surface area (Å²) in [6, 6.07) is 6.19. The molecule has 5 heteroatoms. The lowest BCUT2D eigenvalue weighted by atomic mass is 10.2. The van der Waals surface area contributed by atoms with E-state index in [0.29, 0.717) is 16.8 Å². The number of nitrogens with zero attached hydrogens (tertiary/aromatic N) is 2. The Morgan fingerprint density at radius 2 is 2.32 bits per heavy atom. The Morgan fingerprint density at radius 1 is 1.47 bits per heavy atom. The summed E-state index contributed by atoms with van der Waals surface area (Å²) in [5, 5.41) is 4.10. The number of imidazole rings is 1. The smallest absolute Gasteiger partial charge is 0.137 e. The summed E-state index contributed by atoms with van der Waals surface area (Å²) < 4.78 is 7.19. The number of rotatable bonds is 6. The molecule has 1 N–H and O–H groups in total. The minimum Gasteiger partial charge on any atom is -0.495 e. The molecule has 0 fully saturated rings. The van der Waals surface area contributed by atoms with Crippen LogP contribution in [0.15, 0.2) is 36.9 Å². The maximum atomic E-state index is 6.09. The van der Waals surface area contributed by atoms with Crippen molar-refractivity contribution >= 4 is 11.6 Å². The van der Waals surface area contributed by atoms with Crippen molar-refractivity contribution in [3.63, 3.8) is 0 Å². The van der Waals surface area contributed by atoms with Gasteiger partial charge < -0.3 is 14.6 Å². The van der Waals surface area contributed by atoms with Gasteiger partial charge in [0.25, 0.3) is 0 Å². The van der Waals surface area contributed by atoms with E-state index in [2.05, 4.69) is 21.8 Å². The van der Waals surface area contributed by atoms with Crippen LogP contribution in [0.1, 0.15) is 12.5 Å². The van der Waals surface area contributed by atoms with Gasteiger partial charge >= 0.3 is 0 Å². The molecule has 2 rings (SSSR count). The summed E-state index contributed by atoms with van der Waals surface area (Å²) >= 11 is 6.09. The number of ether oxygens (including phenoxy) is 1. The highest BCUT2D eigenvalue weighted by Gasteiger charge is 2.05. The lowest BCUT2D eigenvalue weighted by Crippen LogP contribution is -2.29. The first kappa shape index (κ1) is 13.9. The molecule has 1 aromatic heterocycles. The van der Waals surface area contributed by atoms with Crippen molar-refractivity contribution in [2.75, 3.05) is 7.11 Å². The fourth-order valence-electron chi connectivity index (χ4n) is 1.89. The Bertz CT molecular complexity index is 513. The molecule has 0 saturated heterocycles. The molecule has 0 aliphatic heterocycles. The van der Waals surface area contributed by atoms with E-state index in [0.717, 1.165) is 18.7 Å². The third kappa shape index (κ3) is 3.98. The molecular weight excluding hydrogens is 262 g/mol. The molecule has 0 aliphatic rings. The number of benzene rings is 1. The van der Waals surface area contributed by atoms with E-state index < -0.39 is 0 Å². The van der Waals surface area contributed by atoms with Gasteiger partial charge in [-0.05, 0) is 24.6 Å².